The number of fused-ring (bicyclic) bond motifs is 1. The van der Waals surface area contributed by atoms with Gasteiger partial charge in [-0.3, -0.25) is 19.2 Å². The Labute approximate surface area is 175 Å². The average Bonchev–Trinajstić information content (AvgIpc) is 3.42. The maximum absolute atomic E-state index is 12.0. The minimum absolute atomic E-state index is 0.333. The van der Waals surface area contributed by atoms with Gasteiger partial charge in [-0.2, -0.15) is 4.13 Å². The molecule has 140 valence electrons. The Hall–Kier alpha value is -2.45. The Morgan fingerprint density at radius 3 is 2.50 bits per heavy atom. The third-order valence-corrected chi connectivity index (χ3v) is 5.75. The summed E-state index contributed by atoms with van der Waals surface area (Å²) in [6.45, 7) is 0. The fourth-order valence-electron chi connectivity index (χ4n) is 2.73. The van der Waals surface area contributed by atoms with Crippen molar-refractivity contribution in [2.24, 2.45) is 0 Å². The van der Waals surface area contributed by atoms with Crippen molar-refractivity contribution in [2.45, 2.75) is 0 Å². The molecule has 0 atom stereocenters. The van der Waals surface area contributed by atoms with E-state index in [2.05, 4.69) is 27.6 Å². The number of anilines is 2. The molecule has 2 amide bonds. The van der Waals surface area contributed by atoms with E-state index < -0.39 is 11.1 Å². The molecule has 0 aliphatic carbocycles. The van der Waals surface area contributed by atoms with Crippen molar-refractivity contribution >= 4 is 58.2 Å². The summed E-state index contributed by atoms with van der Waals surface area (Å²) in [7, 11) is 0. The van der Waals surface area contributed by atoms with Crippen LogP contribution in [0.5, 0.6) is 0 Å². The van der Waals surface area contributed by atoms with Crippen molar-refractivity contribution in [2.75, 3.05) is 4.31 Å². The third kappa shape index (κ3) is 4.18. The minimum Gasteiger partial charge on any atom is -0.282 e. The monoisotopic (exact) mass is 427 g/mol. The second-order valence-electron chi connectivity index (χ2n) is 5.86. The van der Waals surface area contributed by atoms with Crippen molar-refractivity contribution < 1.29 is 9.59 Å². The zero-order valence-electron chi connectivity index (χ0n) is 14.4. The van der Waals surface area contributed by atoms with Gasteiger partial charge in [-0.25, -0.2) is 0 Å². The summed E-state index contributed by atoms with van der Waals surface area (Å²) in [6.07, 6.45) is 0. The summed E-state index contributed by atoms with van der Waals surface area (Å²) in [5.41, 5.74) is 4.81. The lowest BCUT2D eigenvalue weighted by atomic mass is 10.1. The van der Waals surface area contributed by atoms with Gasteiger partial charge in [-0.1, -0.05) is 60.1 Å². The number of carbonyl (C=O) groups excluding carboxylic acids is 2. The second kappa shape index (κ2) is 8.28. The van der Waals surface area contributed by atoms with Crippen LogP contribution in [0.2, 0.25) is 5.02 Å². The third-order valence-electron chi connectivity index (χ3n) is 4.04. The molecule has 5 nitrogen and oxygen atoms in total. The molecule has 2 N–H and O–H groups in total. The summed E-state index contributed by atoms with van der Waals surface area (Å²) < 4.78 is 4.91. The van der Waals surface area contributed by atoms with Gasteiger partial charge in [0.1, 0.15) is 0 Å². The molecule has 3 aromatic carbocycles. The van der Waals surface area contributed by atoms with Crippen LogP contribution in [-0.2, 0) is 0 Å². The van der Waals surface area contributed by atoms with Crippen LogP contribution in [0.1, 0.15) is 10.4 Å². The van der Waals surface area contributed by atoms with Crippen LogP contribution in [0.15, 0.2) is 72.8 Å². The number of rotatable bonds is 5. The van der Waals surface area contributed by atoms with E-state index in [1.165, 1.54) is 18.2 Å². The van der Waals surface area contributed by atoms with Crippen molar-refractivity contribution in [3.8, 4) is 11.1 Å². The van der Waals surface area contributed by atoms with Gasteiger partial charge in [0.15, 0.2) is 0 Å². The molecule has 4 rings (SSSR count). The van der Waals surface area contributed by atoms with Gasteiger partial charge in [0, 0.05) is 28.1 Å². The highest BCUT2D eigenvalue weighted by atomic mass is 35.5. The first kappa shape index (κ1) is 18.9. The number of carbonyl (C=O) groups is 2. The molecule has 0 bridgehead atoms. The number of nitrogens with zero attached hydrogens (tertiary/aromatic N) is 1. The Morgan fingerprint density at radius 1 is 0.929 bits per heavy atom. The molecule has 0 saturated carbocycles. The molecular formula is C20H14ClN3O2S2. The summed E-state index contributed by atoms with van der Waals surface area (Å²) in [4.78, 5) is 24.0. The van der Waals surface area contributed by atoms with Crippen molar-refractivity contribution in [1.82, 2.24) is 9.44 Å². The van der Waals surface area contributed by atoms with Crippen molar-refractivity contribution in [3.63, 3.8) is 0 Å². The highest BCUT2D eigenvalue weighted by molar-refractivity contribution is 8.21. The van der Waals surface area contributed by atoms with E-state index in [0.29, 0.717) is 10.6 Å². The van der Waals surface area contributed by atoms with Crippen molar-refractivity contribution in [3.05, 3.63) is 83.4 Å². The van der Waals surface area contributed by atoms with Gasteiger partial charge in [0.05, 0.1) is 23.5 Å². The maximum atomic E-state index is 12.0. The Kier molecular flexibility index (Phi) is 5.59. The smallest absolute Gasteiger partial charge is 0.282 e. The van der Waals surface area contributed by atoms with E-state index in [1.54, 1.807) is 18.2 Å². The Balaban J connectivity index is 1.30. The molecule has 1 aliphatic heterocycles. The number of benzene rings is 3. The minimum atomic E-state index is -0.494. The van der Waals surface area contributed by atoms with Crippen LogP contribution in [0, 0.1) is 0 Å². The average molecular weight is 428 g/mol. The lowest BCUT2D eigenvalue weighted by Crippen LogP contribution is -2.28. The second-order valence-corrected chi connectivity index (χ2v) is 8.09. The number of amides is 2. The first-order valence-corrected chi connectivity index (χ1v) is 10.3. The number of imide groups is 1. The number of nitrogens with one attached hydrogen (secondary N) is 2. The first-order chi connectivity index (χ1) is 13.6. The zero-order chi connectivity index (χ0) is 19.5. The fourth-order valence-corrected chi connectivity index (χ4v) is 4.30. The number of para-hydroxylation sites is 1. The normalized spacial score (nSPS) is 11.7. The van der Waals surface area contributed by atoms with E-state index in [4.69, 9.17) is 11.6 Å². The molecule has 0 fully saturated rings. The van der Waals surface area contributed by atoms with Crippen LogP contribution in [0.25, 0.3) is 11.1 Å². The summed E-state index contributed by atoms with van der Waals surface area (Å²) in [5.74, 6) is -0.492. The molecular weight excluding hydrogens is 414 g/mol. The molecule has 0 saturated heterocycles. The highest BCUT2D eigenvalue weighted by Gasteiger charge is 2.33. The van der Waals surface area contributed by atoms with E-state index in [9.17, 15) is 9.59 Å². The van der Waals surface area contributed by atoms with Crippen LogP contribution >= 0.6 is 35.7 Å². The molecule has 0 spiro atoms. The molecule has 0 unspecified atom stereocenters. The molecule has 3 aromatic rings. The quantitative estimate of drug-likeness (QED) is 0.395. The SMILES string of the molecule is O=C(NC(=O)c1cccc(Cl)c1)SNSN1c2cccc(-c3ccccc3)c21. The van der Waals surface area contributed by atoms with Crippen LogP contribution < -0.4 is 13.7 Å². The lowest BCUT2D eigenvalue weighted by Gasteiger charge is -2.06. The van der Waals surface area contributed by atoms with Gasteiger partial charge in [-0.15, -0.1) is 0 Å². The highest BCUT2D eigenvalue weighted by Crippen LogP contribution is 2.57. The lowest BCUT2D eigenvalue weighted by molar-refractivity contribution is 0.0969. The predicted octanol–water partition coefficient (Wildman–Crippen LogP) is 5.81. The molecule has 8 heteroatoms. The maximum Gasteiger partial charge on any atom is 0.301 e. The van der Waals surface area contributed by atoms with E-state index in [-0.39, 0.29) is 0 Å². The van der Waals surface area contributed by atoms with Gasteiger partial charge in [0.2, 0.25) is 0 Å². The number of halogens is 1. The molecule has 28 heavy (non-hydrogen) atoms. The summed E-state index contributed by atoms with van der Waals surface area (Å²) in [6, 6.07) is 22.6. The Morgan fingerprint density at radius 2 is 1.71 bits per heavy atom. The van der Waals surface area contributed by atoms with E-state index >= 15 is 0 Å². The standard InChI is InChI=1S/C20H14ClN3O2S2/c21-15-9-4-8-14(12-15)19(25)22-20(26)27-23-28-24-17-11-5-10-16(18(17)24)13-6-2-1-3-7-13/h1-12,23H,(H,22,25,26). The fraction of sp³-hybridized carbons (Fsp3) is 0. The van der Waals surface area contributed by atoms with Crippen molar-refractivity contribution in [1.29, 1.82) is 0 Å². The van der Waals surface area contributed by atoms with Gasteiger partial charge in [0.25, 0.3) is 5.91 Å². The molecule has 0 aromatic heterocycles. The van der Waals surface area contributed by atoms with Crippen LogP contribution in [-0.4, -0.2) is 11.1 Å². The zero-order valence-corrected chi connectivity index (χ0v) is 16.8. The Bertz CT molecular complexity index is 1050. The van der Waals surface area contributed by atoms with E-state index in [1.807, 2.05) is 34.6 Å². The largest absolute Gasteiger partial charge is 0.301 e. The summed E-state index contributed by atoms with van der Waals surface area (Å²) >= 11 is 7.96. The molecule has 0 radical (unpaired) electrons. The van der Waals surface area contributed by atoms with Crippen LogP contribution in [0.4, 0.5) is 16.2 Å². The molecule has 1 heterocycles. The molecule has 1 aliphatic rings. The summed E-state index contributed by atoms with van der Waals surface area (Å²) in [5, 5.41) is 2.25. The number of hydrogen-bond donors (Lipinski definition) is 2. The van der Waals surface area contributed by atoms with Gasteiger partial charge < -0.3 is 0 Å². The first-order valence-electron chi connectivity index (χ1n) is 8.32. The van der Waals surface area contributed by atoms with Gasteiger partial charge in [-0.05, 0) is 29.8 Å². The predicted molar refractivity (Wildman–Crippen MR) is 117 cm³/mol. The number of hydrogen-bond acceptors (Lipinski definition) is 6. The van der Waals surface area contributed by atoms with Gasteiger partial charge >= 0.3 is 5.24 Å². The van der Waals surface area contributed by atoms with Crippen LogP contribution in [0.3, 0.4) is 0 Å². The topological polar surface area (TPSA) is 61.2 Å². The van der Waals surface area contributed by atoms with E-state index in [0.717, 1.165) is 34.4 Å².